The number of nitrogens with one attached hydrogen (secondary N) is 1. The molecule has 11 heteroatoms. The Hall–Kier alpha value is -5.16. The van der Waals surface area contributed by atoms with Crippen molar-refractivity contribution in [3.05, 3.63) is 69.9 Å². The van der Waals surface area contributed by atoms with Crippen LogP contribution in [0, 0.1) is 36.5 Å². The summed E-state index contributed by atoms with van der Waals surface area (Å²) in [4.78, 5) is 39.6. The lowest BCUT2D eigenvalue weighted by Crippen LogP contribution is -2.49. The number of rotatable bonds is 5. The fraction of sp³-hybridized carbons (Fsp3) is 0.412. The van der Waals surface area contributed by atoms with Crippen LogP contribution in [-0.2, 0) is 22.4 Å². The molecule has 1 atom stereocenters. The molecule has 1 unspecified atom stereocenters. The molecule has 11 nitrogen and oxygen atoms in total. The number of fused-ring (bicyclic) bond motifs is 1. The van der Waals surface area contributed by atoms with Crippen molar-refractivity contribution in [2.24, 2.45) is 0 Å². The molecule has 1 saturated heterocycles. The number of ether oxygens (including phenoxy) is 2. The van der Waals surface area contributed by atoms with Crippen molar-refractivity contribution in [3.8, 4) is 23.8 Å². The molecule has 2 aromatic carbocycles. The van der Waals surface area contributed by atoms with Gasteiger partial charge in [-0.3, -0.25) is 9.69 Å². The van der Waals surface area contributed by atoms with E-state index in [-0.39, 0.29) is 11.9 Å². The van der Waals surface area contributed by atoms with Gasteiger partial charge in [-0.2, -0.15) is 15.5 Å². The van der Waals surface area contributed by atoms with Crippen molar-refractivity contribution in [3.63, 3.8) is 0 Å². The fourth-order valence-electron chi connectivity index (χ4n) is 5.78. The minimum absolute atomic E-state index is 0.110. The zero-order valence-corrected chi connectivity index (χ0v) is 26.3. The first-order valence-corrected chi connectivity index (χ1v) is 15.1. The van der Waals surface area contributed by atoms with Crippen molar-refractivity contribution in [2.75, 3.05) is 25.0 Å². The molecule has 0 spiro atoms. The summed E-state index contributed by atoms with van der Waals surface area (Å²) in [5.74, 6) is 1.09. The zero-order valence-electron chi connectivity index (χ0n) is 26.3. The Kier molecular flexibility index (Phi) is 8.92. The molecule has 0 bridgehead atoms. The zero-order chi connectivity index (χ0) is 32.3. The van der Waals surface area contributed by atoms with Gasteiger partial charge in [-0.05, 0) is 89.3 Å². The summed E-state index contributed by atoms with van der Waals surface area (Å²) in [5.41, 5.74) is 3.97. The number of aromatic nitrogens is 2. The van der Waals surface area contributed by atoms with Crippen molar-refractivity contribution in [1.82, 2.24) is 19.8 Å². The number of aryl methyl sites for hydroxylation is 2. The van der Waals surface area contributed by atoms with Crippen LogP contribution in [0.1, 0.15) is 67.1 Å². The molecule has 1 fully saturated rings. The lowest BCUT2D eigenvalue weighted by molar-refractivity contribution is -0.135. The maximum absolute atomic E-state index is 13.8. The number of anilines is 2. The molecule has 1 aromatic heterocycles. The number of carbonyl (C=O) groups is 2. The number of hydrogen-bond donors (Lipinski definition) is 1. The van der Waals surface area contributed by atoms with Crippen LogP contribution in [0.25, 0.3) is 0 Å². The number of likely N-dealkylation sites (tertiary alicyclic amines) is 1. The van der Waals surface area contributed by atoms with E-state index < -0.39 is 17.7 Å². The Balaban J connectivity index is 1.45. The topological polar surface area (TPSA) is 144 Å². The minimum atomic E-state index is -0.655. The first-order valence-electron chi connectivity index (χ1n) is 15.1. The molecule has 2 aliphatic heterocycles. The van der Waals surface area contributed by atoms with Gasteiger partial charge in [0.1, 0.15) is 23.5 Å². The number of amides is 2. The summed E-state index contributed by atoms with van der Waals surface area (Å²) in [6.07, 6.45) is 1.73. The molecular weight excluding hydrogens is 570 g/mol. The van der Waals surface area contributed by atoms with Gasteiger partial charge in [0, 0.05) is 31.6 Å². The average molecular weight is 608 g/mol. The van der Waals surface area contributed by atoms with Gasteiger partial charge in [0.05, 0.1) is 28.6 Å². The predicted octanol–water partition coefficient (Wildman–Crippen LogP) is 5.70. The Morgan fingerprint density at radius 1 is 1.00 bits per heavy atom. The molecule has 232 valence electrons. The van der Waals surface area contributed by atoms with Gasteiger partial charge in [0.15, 0.2) is 0 Å². The smallest absolute Gasteiger partial charge is 0.410 e. The van der Waals surface area contributed by atoms with Crippen molar-refractivity contribution in [2.45, 2.75) is 71.9 Å². The van der Waals surface area contributed by atoms with E-state index in [1.54, 1.807) is 40.1 Å². The Morgan fingerprint density at radius 3 is 2.40 bits per heavy atom. The van der Waals surface area contributed by atoms with Crippen LogP contribution in [0.4, 0.5) is 16.4 Å². The average Bonchev–Trinajstić information content (AvgIpc) is 3.39. The molecule has 45 heavy (non-hydrogen) atoms. The number of carbonyl (C=O) groups excluding carboxylic acids is 2. The second kappa shape index (κ2) is 12.8. The van der Waals surface area contributed by atoms with Crippen LogP contribution in [0.3, 0.4) is 0 Å². The maximum Gasteiger partial charge on any atom is 0.410 e. The number of benzene rings is 2. The summed E-state index contributed by atoms with van der Waals surface area (Å²) >= 11 is 0. The fourth-order valence-corrected chi connectivity index (χ4v) is 5.78. The SMILES string of the molecule is Cc1cc(C#N)cc(C)c1Oc1nc(Nc2ccccc2C#N)nc2c1CCN(C(=O)C1CCCN1C(=O)OC(C)(C)C)CC2. The molecular formula is C34H37N7O4. The first kappa shape index (κ1) is 31.3. The van der Waals surface area contributed by atoms with E-state index in [1.165, 1.54) is 0 Å². The Morgan fingerprint density at radius 2 is 1.71 bits per heavy atom. The second-order valence-corrected chi connectivity index (χ2v) is 12.4. The molecule has 2 amide bonds. The third-order valence-electron chi connectivity index (χ3n) is 7.86. The van der Waals surface area contributed by atoms with E-state index in [2.05, 4.69) is 17.5 Å². The molecule has 0 aliphatic carbocycles. The number of nitrogens with zero attached hydrogens (tertiary/aromatic N) is 6. The van der Waals surface area contributed by atoms with Gasteiger partial charge in [0.2, 0.25) is 17.7 Å². The number of nitriles is 2. The van der Waals surface area contributed by atoms with Crippen LogP contribution in [0.2, 0.25) is 0 Å². The molecule has 1 N–H and O–H groups in total. The summed E-state index contributed by atoms with van der Waals surface area (Å²) < 4.78 is 12.1. The summed E-state index contributed by atoms with van der Waals surface area (Å²) in [6.45, 7) is 10.5. The van der Waals surface area contributed by atoms with E-state index in [0.29, 0.717) is 67.3 Å². The highest BCUT2D eigenvalue weighted by Crippen LogP contribution is 2.34. The quantitative estimate of drug-likeness (QED) is 0.386. The van der Waals surface area contributed by atoms with Crippen LogP contribution >= 0.6 is 0 Å². The third kappa shape index (κ3) is 6.99. The van der Waals surface area contributed by atoms with Crippen molar-refractivity contribution < 1.29 is 19.1 Å². The van der Waals surface area contributed by atoms with Gasteiger partial charge in [0.25, 0.3) is 0 Å². The number of hydrogen-bond acceptors (Lipinski definition) is 9. The van der Waals surface area contributed by atoms with Crippen LogP contribution in [0.5, 0.6) is 11.6 Å². The molecule has 3 heterocycles. The lowest BCUT2D eigenvalue weighted by atomic mass is 10.1. The highest BCUT2D eigenvalue weighted by molar-refractivity contribution is 5.86. The van der Waals surface area contributed by atoms with Crippen LogP contribution in [-0.4, -0.2) is 63.0 Å². The monoisotopic (exact) mass is 607 g/mol. The maximum atomic E-state index is 13.8. The largest absolute Gasteiger partial charge is 0.444 e. The highest BCUT2D eigenvalue weighted by atomic mass is 16.6. The predicted molar refractivity (Wildman–Crippen MR) is 167 cm³/mol. The normalized spacial score (nSPS) is 16.2. The minimum Gasteiger partial charge on any atom is -0.444 e. The Bertz CT molecular complexity index is 1690. The molecule has 2 aliphatic rings. The Labute approximate surface area is 263 Å². The van der Waals surface area contributed by atoms with E-state index in [0.717, 1.165) is 28.8 Å². The van der Waals surface area contributed by atoms with E-state index in [4.69, 9.17) is 19.4 Å². The van der Waals surface area contributed by atoms with E-state index in [1.807, 2.05) is 40.7 Å². The lowest BCUT2D eigenvalue weighted by Gasteiger charge is -2.31. The molecule has 0 saturated carbocycles. The van der Waals surface area contributed by atoms with Crippen molar-refractivity contribution in [1.29, 1.82) is 10.5 Å². The van der Waals surface area contributed by atoms with Crippen LogP contribution < -0.4 is 10.1 Å². The first-order chi connectivity index (χ1) is 21.5. The highest BCUT2D eigenvalue weighted by Gasteiger charge is 2.39. The standard InChI is InChI=1S/C34H37N7O4/c1-21-17-23(19-35)18-22(2)29(21)44-30-25-12-15-40(31(42)28-11-8-14-41(28)33(43)45-34(3,4)5)16-13-27(25)38-32(39-30)37-26-10-7-6-9-24(26)20-36/h6-7,9-10,17-18,28H,8,11-16H2,1-5H3,(H,37,38,39). The molecule has 3 aromatic rings. The van der Waals surface area contributed by atoms with Gasteiger partial charge < -0.3 is 19.7 Å². The summed E-state index contributed by atoms with van der Waals surface area (Å²) in [7, 11) is 0. The number of para-hydroxylation sites is 1. The van der Waals surface area contributed by atoms with Gasteiger partial charge in [-0.1, -0.05) is 12.1 Å². The molecule has 0 radical (unpaired) electrons. The van der Waals surface area contributed by atoms with Crippen LogP contribution in [0.15, 0.2) is 36.4 Å². The van der Waals surface area contributed by atoms with E-state index >= 15 is 0 Å². The summed E-state index contributed by atoms with van der Waals surface area (Å²) in [6, 6.07) is 14.4. The third-order valence-corrected chi connectivity index (χ3v) is 7.86. The molecule has 5 rings (SSSR count). The van der Waals surface area contributed by atoms with E-state index in [9.17, 15) is 20.1 Å². The summed E-state index contributed by atoms with van der Waals surface area (Å²) in [5, 5.41) is 22.2. The van der Waals surface area contributed by atoms with Gasteiger partial charge >= 0.3 is 6.09 Å². The van der Waals surface area contributed by atoms with Gasteiger partial charge in [-0.15, -0.1) is 0 Å². The van der Waals surface area contributed by atoms with Crippen molar-refractivity contribution >= 4 is 23.6 Å². The van der Waals surface area contributed by atoms with Gasteiger partial charge in [-0.25, -0.2) is 9.78 Å². The second-order valence-electron chi connectivity index (χ2n) is 12.4.